The minimum absolute atomic E-state index is 0.434. The van der Waals surface area contributed by atoms with Crippen LogP contribution in [0.1, 0.15) is 71.1 Å². The van der Waals surface area contributed by atoms with Gasteiger partial charge in [0, 0.05) is 0 Å². The van der Waals surface area contributed by atoms with Crippen molar-refractivity contribution < 1.29 is 0 Å². The zero-order valence-electron chi connectivity index (χ0n) is 14.8. The molecule has 0 nitrogen and oxygen atoms in total. The highest BCUT2D eigenvalue weighted by Crippen LogP contribution is 2.33. The van der Waals surface area contributed by atoms with Crippen LogP contribution in [0.3, 0.4) is 0 Å². The Labute approximate surface area is 131 Å². The molecule has 2 rings (SSSR count). The third-order valence-corrected chi connectivity index (χ3v) is 5.31. The molecule has 0 aromatic heterocycles. The molecule has 0 aliphatic heterocycles. The van der Waals surface area contributed by atoms with Gasteiger partial charge in [0.1, 0.15) is 0 Å². The molecule has 116 valence electrons. The average Bonchev–Trinajstić information content (AvgIpc) is 2.82. The first-order valence-electron chi connectivity index (χ1n) is 8.60. The first-order valence-corrected chi connectivity index (χ1v) is 8.60. The highest BCUT2D eigenvalue weighted by molar-refractivity contribution is 5.67. The van der Waals surface area contributed by atoms with Gasteiger partial charge < -0.3 is 0 Å². The molecule has 1 aromatic carbocycles. The van der Waals surface area contributed by atoms with Crippen LogP contribution in [0.15, 0.2) is 23.8 Å². The summed E-state index contributed by atoms with van der Waals surface area (Å²) < 4.78 is 0. The van der Waals surface area contributed by atoms with Crippen molar-refractivity contribution in [1.29, 1.82) is 0 Å². The average molecular weight is 284 g/mol. The summed E-state index contributed by atoms with van der Waals surface area (Å²) in [7, 11) is 0. The first-order chi connectivity index (χ1) is 9.79. The molecule has 1 atom stereocenters. The SMILES string of the molecule is CC(C)C1=Cc2c(CCCC(C)C(C)(C)C)cccc2C1. The first kappa shape index (κ1) is 16.3. The molecule has 0 heteroatoms. The quantitative estimate of drug-likeness (QED) is 0.596. The summed E-state index contributed by atoms with van der Waals surface area (Å²) in [4.78, 5) is 0. The molecule has 0 heterocycles. The van der Waals surface area contributed by atoms with Gasteiger partial charge in [-0.1, -0.05) is 71.4 Å². The van der Waals surface area contributed by atoms with E-state index in [1.54, 1.807) is 16.7 Å². The van der Waals surface area contributed by atoms with E-state index in [1.165, 1.54) is 31.2 Å². The number of rotatable bonds is 5. The number of benzene rings is 1. The van der Waals surface area contributed by atoms with Gasteiger partial charge in [0.25, 0.3) is 0 Å². The van der Waals surface area contributed by atoms with E-state index in [1.807, 2.05) is 0 Å². The summed E-state index contributed by atoms with van der Waals surface area (Å²) in [6.45, 7) is 14.1. The van der Waals surface area contributed by atoms with Gasteiger partial charge in [-0.3, -0.25) is 0 Å². The van der Waals surface area contributed by atoms with Crippen molar-refractivity contribution in [3.05, 3.63) is 40.5 Å². The molecule has 1 aromatic rings. The Kier molecular flexibility index (Phi) is 4.96. The lowest BCUT2D eigenvalue weighted by molar-refractivity contribution is 0.243. The van der Waals surface area contributed by atoms with Crippen molar-refractivity contribution in [1.82, 2.24) is 0 Å². The van der Waals surface area contributed by atoms with Gasteiger partial charge in [0.15, 0.2) is 0 Å². The number of allylic oxidation sites excluding steroid dienone is 1. The van der Waals surface area contributed by atoms with E-state index >= 15 is 0 Å². The lowest BCUT2D eigenvalue weighted by atomic mass is 9.79. The van der Waals surface area contributed by atoms with Gasteiger partial charge in [-0.05, 0) is 59.6 Å². The zero-order chi connectivity index (χ0) is 15.6. The van der Waals surface area contributed by atoms with Crippen molar-refractivity contribution in [2.75, 3.05) is 0 Å². The Balaban J connectivity index is 2.02. The maximum atomic E-state index is 2.46. The smallest absolute Gasteiger partial charge is 0.00552 e. The molecule has 0 fully saturated rings. The monoisotopic (exact) mass is 284 g/mol. The normalized spacial score (nSPS) is 16.0. The lowest BCUT2D eigenvalue weighted by Gasteiger charge is -2.27. The predicted octanol–water partition coefficient (Wildman–Crippen LogP) is 6.29. The Morgan fingerprint density at radius 2 is 1.81 bits per heavy atom. The van der Waals surface area contributed by atoms with Crippen molar-refractivity contribution in [2.24, 2.45) is 17.3 Å². The van der Waals surface area contributed by atoms with E-state index in [2.05, 4.69) is 65.8 Å². The Bertz CT molecular complexity index is 511. The van der Waals surface area contributed by atoms with E-state index in [4.69, 9.17) is 0 Å². The summed E-state index contributed by atoms with van der Waals surface area (Å²) >= 11 is 0. The topological polar surface area (TPSA) is 0 Å². The number of aryl methyl sites for hydroxylation is 1. The van der Waals surface area contributed by atoms with Crippen LogP contribution < -0.4 is 0 Å². The van der Waals surface area contributed by atoms with Gasteiger partial charge >= 0.3 is 0 Å². The van der Waals surface area contributed by atoms with E-state index in [-0.39, 0.29) is 0 Å². The Morgan fingerprint density at radius 3 is 2.43 bits per heavy atom. The van der Waals surface area contributed by atoms with Crippen molar-refractivity contribution >= 4 is 6.08 Å². The van der Waals surface area contributed by atoms with E-state index in [9.17, 15) is 0 Å². The molecule has 0 spiro atoms. The summed E-state index contributed by atoms with van der Waals surface area (Å²) in [5, 5.41) is 0. The molecule has 0 saturated heterocycles. The number of hydrogen-bond acceptors (Lipinski definition) is 0. The third kappa shape index (κ3) is 3.99. The maximum Gasteiger partial charge on any atom is -0.00552 e. The molecule has 1 aliphatic rings. The Morgan fingerprint density at radius 1 is 1.10 bits per heavy atom. The molecule has 21 heavy (non-hydrogen) atoms. The molecule has 0 radical (unpaired) electrons. The van der Waals surface area contributed by atoms with Gasteiger partial charge in [-0.2, -0.15) is 0 Å². The van der Waals surface area contributed by atoms with Crippen LogP contribution >= 0.6 is 0 Å². The second kappa shape index (κ2) is 6.38. The van der Waals surface area contributed by atoms with Gasteiger partial charge in [-0.25, -0.2) is 0 Å². The Hall–Kier alpha value is -1.04. The largest absolute Gasteiger partial charge is 0.0626 e. The highest BCUT2D eigenvalue weighted by atomic mass is 14.3. The minimum Gasteiger partial charge on any atom is -0.0626 e. The molecule has 0 N–H and O–H groups in total. The fourth-order valence-electron chi connectivity index (χ4n) is 3.08. The molecule has 0 amide bonds. The molecular weight excluding hydrogens is 252 g/mol. The fourth-order valence-corrected chi connectivity index (χ4v) is 3.08. The van der Waals surface area contributed by atoms with Crippen LogP contribution in [0.5, 0.6) is 0 Å². The van der Waals surface area contributed by atoms with Gasteiger partial charge in [0.05, 0.1) is 0 Å². The van der Waals surface area contributed by atoms with E-state index in [0.29, 0.717) is 11.3 Å². The summed E-state index contributed by atoms with van der Waals surface area (Å²) in [5.41, 5.74) is 6.66. The maximum absolute atomic E-state index is 2.46. The van der Waals surface area contributed by atoms with Crippen LogP contribution in [-0.2, 0) is 12.8 Å². The van der Waals surface area contributed by atoms with Crippen LogP contribution in [0, 0.1) is 17.3 Å². The predicted molar refractivity (Wildman–Crippen MR) is 94.5 cm³/mol. The fraction of sp³-hybridized carbons (Fsp3) is 0.619. The molecular formula is C21H32. The van der Waals surface area contributed by atoms with Crippen LogP contribution in [-0.4, -0.2) is 0 Å². The molecule has 1 unspecified atom stereocenters. The van der Waals surface area contributed by atoms with Gasteiger partial charge in [0.2, 0.25) is 0 Å². The van der Waals surface area contributed by atoms with Crippen LogP contribution in [0.25, 0.3) is 6.08 Å². The summed E-state index contributed by atoms with van der Waals surface area (Å²) in [6, 6.07) is 6.89. The number of hydrogen-bond donors (Lipinski definition) is 0. The highest BCUT2D eigenvalue weighted by Gasteiger charge is 2.20. The zero-order valence-corrected chi connectivity index (χ0v) is 14.8. The summed E-state index contributed by atoms with van der Waals surface area (Å²) in [6.07, 6.45) is 7.49. The summed E-state index contributed by atoms with van der Waals surface area (Å²) in [5.74, 6) is 1.46. The van der Waals surface area contributed by atoms with Crippen molar-refractivity contribution in [3.8, 4) is 0 Å². The minimum atomic E-state index is 0.434. The third-order valence-electron chi connectivity index (χ3n) is 5.31. The lowest BCUT2D eigenvalue weighted by Crippen LogP contribution is -2.17. The van der Waals surface area contributed by atoms with Crippen LogP contribution in [0.2, 0.25) is 0 Å². The number of fused-ring (bicyclic) bond motifs is 1. The second-order valence-corrected chi connectivity index (χ2v) is 8.20. The van der Waals surface area contributed by atoms with Crippen LogP contribution in [0.4, 0.5) is 0 Å². The van der Waals surface area contributed by atoms with E-state index < -0.39 is 0 Å². The molecule has 0 bridgehead atoms. The van der Waals surface area contributed by atoms with Crippen molar-refractivity contribution in [3.63, 3.8) is 0 Å². The standard InChI is InChI=1S/C21H32/c1-15(2)19-13-18-12-8-11-17(20(18)14-19)10-7-9-16(3)21(4,5)6/h8,11-12,14-16H,7,9-10,13H2,1-6H3. The van der Waals surface area contributed by atoms with E-state index in [0.717, 1.165) is 5.92 Å². The second-order valence-electron chi connectivity index (χ2n) is 8.20. The molecule has 0 saturated carbocycles. The van der Waals surface area contributed by atoms with Crippen molar-refractivity contribution in [2.45, 2.75) is 67.2 Å². The van der Waals surface area contributed by atoms with Gasteiger partial charge in [-0.15, -0.1) is 0 Å². The molecule has 1 aliphatic carbocycles.